The van der Waals surface area contributed by atoms with Crippen molar-refractivity contribution < 1.29 is 19.1 Å². The first kappa shape index (κ1) is 21.0. The molecule has 0 unspecified atom stereocenters. The van der Waals surface area contributed by atoms with Gasteiger partial charge in [0.05, 0.1) is 24.7 Å². The molecule has 29 heavy (non-hydrogen) atoms. The second kappa shape index (κ2) is 9.18. The lowest BCUT2D eigenvalue weighted by Gasteiger charge is -2.16. The van der Waals surface area contributed by atoms with Gasteiger partial charge in [-0.25, -0.2) is 0 Å². The molecule has 1 aliphatic heterocycles. The Bertz CT molecular complexity index is 950. The maximum absolute atomic E-state index is 13.1. The summed E-state index contributed by atoms with van der Waals surface area (Å²) in [5.74, 6) is 1.57. The van der Waals surface area contributed by atoms with Crippen LogP contribution in [0.5, 0.6) is 11.5 Å². The first-order chi connectivity index (χ1) is 14.0. The average Bonchev–Trinajstić information content (AvgIpc) is 2.96. The van der Waals surface area contributed by atoms with Crippen LogP contribution in [-0.4, -0.2) is 43.2 Å². The zero-order chi connectivity index (χ0) is 21.0. The summed E-state index contributed by atoms with van der Waals surface area (Å²) in [7, 11) is 3.17. The molecule has 0 bridgehead atoms. The summed E-state index contributed by atoms with van der Waals surface area (Å²) < 4.78 is 10.6. The van der Waals surface area contributed by atoms with Crippen molar-refractivity contribution >= 4 is 29.1 Å². The molecular formula is C23H25NO4S. The van der Waals surface area contributed by atoms with Gasteiger partial charge in [-0.05, 0) is 42.4 Å². The first-order valence-electron chi connectivity index (χ1n) is 9.51. The molecule has 0 atom stereocenters. The van der Waals surface area contributed by atoms with E-state index in [0.29, 0.717) is 34.9 Å². The Hall–Kier alpha value is -2.73. The van der Waals surface area contributed by atoms with Gasteiger partial charge in [0.25, 0.3) is 11.8 Å². The molecule has 2 aromatic rings. The summed E-state index contributed by atoms with van der Waals surface area (Å²) in [5.41, 5.74) is 3.38. The van der Waals surface area contributed by atoms with Gasteiger partial charge in [0.15, 0.2) is 11.5 Å². The molecule has 2 amide bonds. The minimum absolute atomic E-state index is 0.210. The van der Waals surface area contributed by atoms with Gasteiger partial charge in [0, 0.05) is 6.54 Å². The Labute approximate surface area is 175 Å². The quantitative estimate of drug-likeness (QED) is 0.613. The fourth-order valence-electron chi connectivity index (χ4n) is 3.29. The number of benzene rings is 2. The number of imide groups is 1. The molecule has 0 fully saturated rings. The summed E-state index contributed by atoms with van der Waals surface area (Å²) in [6, 6.07) is 13.4. The van der Waals surface area contributed by atoms with Crippen LogP contribution in [0.25, 0.3) is 5.57 Å². The predicted octanol–water partition coefficient (Wildman–Crippen LogP) is 4.09. The van der Waals surface area contributed by atoms with Crippen molar-refractivity contribution in [2.24, 2.45) is 0 Å². The predicted molar refractivity (Wildman–Crippen MR) is 116 cm³/mol. The van der Waals surface area contributed by atoms with E-state index in [-0.39, 0.29) is 11.8 Å². The first-order valence-corrected chi connectivity index (χ1v) is 10.5. The highest BCUT2D eigenvalue weighted by molar-refractivity contribution is 8.04. The minimum atomic E-state index is -0.227. The van der Waals surface area contributed by atoms with Gasteiger partial charge in [-0.2, -0.15) is 0 Å². The SMILES string of the molecule is CCSC1=C(c2ccc(C)cc2)C(=O)N(CCc2ccc(OC)c(OC)c2)C1=O. The number of hydrogen-bond donors (Lipinski definition) is 0. The Morgan fingerprint density at radius 3 is 2.24 bits per heavy atom. The van der Waals surface area contributed by atoms with Crippen molar-refractivity contribution in [2.75, 3.05) is 26.5 Å². The van der Waals surface area contributed by atoms with Gasteiger partial charge in [0.1, 0.15) is 0 Å². The normalized spacial score (nSPS) is 14.0. The molecule has 1 heterocycles. The van der Waals surface area contributed by atoms with Crippen molar-refractivity contribution in [1.29, 1.82) is 0 Å². The van der Waals surface area contributed by atoms with E-state index in [1.807, 2.05) is 56.3 Å². The number of carbonyl (C=O) groups is 2. The van der Waals surface area contributed by atoms with Crippen LogP contribution in [-0.2, 0) is 16.0 Å². The third-order valence-electron chi connectivity index (χ3n) is 4.83. The number of thioether (sulfide) groups is 1. The highest BCUT2D eigenvalue weighted by atomic mass is 32.2. The molecule has 0 saturated carbocycles. The molecule has 5 nitrogen and oxygen atoms in total. The van der Waals surface area contributed by atoms with Crippen LogP contribution in [0.15, 0.2) is 47.4 Å². The molecule has 152 valence electrons. The number of methoxy groups -OCH3 is 2. The summed E-state index contributed by atoms with van der Waals surface area (Å²) in [5, 5.41) is 0. The Morgan fingerprint density at radius 2 is 1.62 bits per heavy atom. The zero-order valence-electron chi connectivity index (χ0n) is 17.2. The van der Waals surface area contributed by atoms with Gasteiger partial charge >= 0.3 is 0 Å². The van der Waals surface area contributed by atoms with Gasteiger partial charge in [-0.1, -0.05) is 42.8 Å². The molecule has 0 aliphatic carbocycles. The number of amides is 2. The standard InChI is InChI=1S/C23H25NO4S/c1-5-29-21-20(17-9-6-15(2)7-10-17)22(25)24(23(21)26)13-12-16-8-11-18(27-3)19(14-16)28-4/h6-11,14H,5,12-13H2,1-4H3. The highest BCUT2D eigenvalue weighted by Crippen LogP contribution is 2.36. The van der Waals surface area contributed by atoms with Crippen LogP contribution < -0.4 is 9.47 Å². The molecule has 1 aliphatic rings. The molecular weight excluding hydrogens is 386 g/mol. The van der Waals surface area contributed by atoms with Crippen LogP contribution in [0.2, 0.25) is 0 Å². The number of ether oxygens (including phenoxy) is 2. The van der Waals surface area contributed by atoms with Gasteiger partial charge in [-0.15, -0.1) is 11.8 Å². The monoisotopic (exact) mass is 411 g/mol. The Kier molecular flexibility index (Phi) is 6.64. The van der Waals surface area contributed by atoms with E-state index in [4.69, 9.17) is 9.47 Å². The van der Waals surface area contributed by atoms with Crippen LogP contribution >= 0.6 is 11.8 Å². The summed E-state index contributed by atoms with van der Waals surface area (Å²) >= 11 is 1.43. The van der Waals surface area contributed by atoms with Crippen LogP contribution in [0.3, 0.4) is 0 Å². The van der Waals surface area contributed by atoms with E-state index in [1.54, 1.807) is 14.2 Å². The third-order valence-corrected chi connectivity index (χ3v) is 5.78. The molecule has 0 radical (unpaired) electrons. The second-order valence-electron chi connectivity index (χ2n) is 6.70. The number of hydrogen-bond acceptors (Lipinski definition) is 5. The van der Waals surface area contributed by atoms with E-state index < -0.39 is 0 Å². The molecule has 2 aromatic carbocycles. The minimum Gasteiger partial charge on any atom is -0.493 e. The number of nitrogens with zero attached hydrogens (tertiary/aromatic N) is 1. The summed E-state index contributed by atoms with van der Waals surface area (Å²) in [6.07, 6.45) is 0.545. The molecule has 0 saturated heterocycles. The maximum atomic E-state index is 13.1. The largest absolute Gasteiger partial charge is 0.493 e. The summed E-state index contributed by atoms with van der Waals surface area (Å²) in [4.78, 5) is 28.0. The average molecular weight is 412 g/mol. The fraction of sp³-hybridized carbons (Fsp3) is 0.304. The van der Waals surface area contributed by atoms with Gasteiger partial charge in [-0.3, -0.25) is 14.5 Å². The van der Waals surface area contributed by atoms with E-state index in [9.17, 15) is 9.59 Å². The molecule has 0 spiro atoms. The maximum Gasteiger partial charge on any atom is 0.267 e. The molecule has 0 N–H and O–H groups in total. The lowest BCUT2D eigenvalue weighted by Crippen LogP contribution is -2.33. The van der Waals surface area contributed by atoms with Crippen LogP contribution in [0.1, 0.15) is 23.6 Å². The second-order valence-corrected chi connectivity index (χ2v) is 7.98. The number of aryl methyl sites for hydroxylation is 1. The lowest BCUT2D eigenvalue weighted by atomic mass is 10.0. The fourth-order valence-corrected chi connectivity index (χ4v) is 4.16. The molecule has 3 rings (SSSR count). The van der Waals surface area contributed by atoms with E-state index in [2.05, 4.69) is 0 Å². The van der Waals surface area contributed by atoms with E-state index in [1.165, 1.54) is 16.7 Å². The van der Waals surface area contributed by atoms with Gasteiger partial charge in [0.2, 0.25) is 0 Å². The van der Waals surface area contributed by atoms with Crippen molar-refractivity contribution in [3.8, 4) is 11.5 Å². The van der Waals surface area contributed by atoms with E-state index >= 15 is 0 Å². The van der Waals surface area contributed by atoms with E-state index in [0.717, 1.165) is 22.4 Å². The van der Waals surface area contributed by atoms with Gasteiger partial charge < -0.3 is 9.47 Å². The van der Waals surface area contributed by atoms with Crippen LogP contribution in [0, 0.1) is 6.92 Å². The Morgan fingerprint density at radius 1 is 0.931 bits per heavy atom. The number of carbonyl (C=O) groups excluding carboxylic acids is 2. The van der Waals surface area contributed by atoms with Crippen molar-refractivity contribution in [1.82, 2.24) is 4.90 Å². The van der Waals surface area contributed by atoms with Crippen molar-refractivity contribution in [2.45, 2.75) is 20.3 Å². The van der Waals surface area contributed by atoms with Crippen molar-refractivity contribution in [3.05, 3.63) is 64.1 Å². The van der Waals surface area contributed by atoms with Crippen molar-refractivity contribution in [3.63, 3.8) is 0 Å². The topological polar surface area (TPSA) is 55.8 Å². The Balaban J connectivity index is 1.82. The number of rotatable bonds is 8. The third kappa shape index (κ3) is 4.32. The lowest BCUT2D eigenvalue weighted by molar-refractivity contribution is -0.136. The highest BCUT2D eigenvalue weighted by Gasteiger charge is 2.38. The molecule has 6 heteroatoms. The van der Waals surface area contributed by atoms with Crippen LogP contribution in [0.4, 0.5) is 0 Å². The smallest absolute Gasteiger partial charge is 0.267 e. The zero-order valence-corrected chi connectivity index (χ0v) is 18.0. The molecule has 0 aromatic heterocycles. The summed E-state index contributed by atoms with van der Waals surface area (Å²) in [6.45, 7) is 4.29.